The van der Waals surface area contributed by atoms with Crippen molar-refractivity contribution < 1.29 is 14.3 Å². The van der Waals surface area contributed by atoms with Gasteiger partial charge >= 0.3 is 0 Å². The van der Waals surface area contributed by atoms with Gasteiger partial charge in [0.1, 0.15) is 4.88 Å². The number of carbonyl (C=O) groups is 1. The smallest absolute Gasteiger partial charge is 0.263 e. The highest BCUT2D eigenvalue weighted by molar-refractivity contribution is 7.13. The van der Waals surface area contributed by atoms with Gasteiger partial charge in [-0.1, -0.05) is 12.1 Å². The average Bonchev–Trinajstić information content (AvgIpc) is 3.11. The summed E-state index contributed by atoms with van der Waals surface area (Å²) in [5, 5.41) is 3.90. The Labute approximate surface area is 168 Å². The van der Waals surface area contributed by atoms with E-state index in [0.717, 1.165) is 34.8 Å². The zero-order chi connectivity index (χ0) is 19.9. The van der Waals surface area contributed by atoms with Gasteiger partial charge in [0.15, 0.2) is 11.5 Å². The van der Waals surface area contributed by atoms with Crippen LogP contribution in [0.1, 0.15) is 31.6 Å². The quantitative estimate of drug-likeness (QED) is 0.629. The SMILES string of the molecule is COc1ccc(CNC(=O)c2sc(CCc3ccccn3)nc2C)cc1OC. The Morgan fingerprint density at radius 1 is 1.11 bits per heavy atom. The Kier molecular flexibility index (Phi) is 6.60. The highest BCUT2D eigenvalue weighted by Gasteiger charge is 2.15. The van der Waals surface area contributed by atoms with Crippen molar-refractivity contribution >= 4 is 17.2 Å². The van der Waals surface area contributed by atoms with E-state index >= 15 is 0 Å². The van der Waals surface area contributed by atoms with E-state index < -0.39 is 0 Å². The molecule has 2 aromatic heterocycles. The standard InChI is InChI=1S/C21H23N3O3S/c1-14-20(28-19(24-14)10-8-16-6-4-5-11-22-16)21(25)23-13-15-7-9-17(26-2)18(12-15)27-3/h4-7,9,11-12H,8,10,13H2,1-3H3,(H,23,25). The minimum absolute atomic E-state index is 0.117. The topological polar surface area (TPSA) is 73.3 Å². The fraction of sp³-hybridized carbons (Fsp3) is 0.286. The van der Waals surface area contributed by atoms with Crippen molar-refractivity contribution in [2.75, 3.05) is 14.2 Å². The second-order valence-electron chi connectivity index (χ2n) is 6.22. The molecule has 7 heteroatoms. The average molecular weight is 398 g/mol. The monoisotopic (exact) mass is 397 g/mol. The molecule has 6 nitrogen and oxygen atoms in total. The predicted molar refractivity (Wildman–Crippen MR) is 109 cm³/mol. The summed E-state index contributed by atoms with van der Waals surface area (Å²) >= 11 is 1.44. The van der Waals surface area contributed by atoms with Crippen LogP contribution in [0.4, 0.5) is 0 Å². The van der Waals surface area contributed by atoms with Crippen molar-refractivity contribution in [1.82, 2.24) is 15.3 Å². The van der Waals surface area contributed by atoms with E-state index in [-0.39, 0.29) is 5.91 Å². The third-order valence-electron chi connectivity index (χ3n) is 4.27. The van der Waals surface area contributed by atoms with E-state index in [2.05, 4.69) is 15.3 Å². The maximum absolute atomic E-state index is 12.6. The number of nitrogens with one attached hydrogen (secondary N) is 1. The molecule has 0 aliphatic heterocycles. The molecule has 146 valence electrons. The summed E-state index contributed by atoms with van der Waals surface area (Å²) in [5.41, 5.74) is 2.71. The van der Waals surface area contributed by atoms with Crippen LogP contribution < -0.4 is 14.8 Å². The molecule has 28 heavy (non-hydrogen) atoms. The van der Waals surface area contributed by atoms with Crippen molar-refractivity contribution in [2.45, 2.75) is 26.3 Å². The van der Waals surface area contributed by atoms with Gasteiger partial charge in [-0.3, -0.25) is 9.78 Å². The number of pyridine rings is 1. The number of benzene rings is 1. The summed E-state index contributed by atoms with van der Waals surface area (Å²) in [6.45, 7) is 2.27. The fourth-order valence-electron chi connectivity index (χ4n) is 2.80. The first-order valence-corrected chi connectivity index (χ1v) is 9.77. The van der Waals surface area contributed by atoms with Gasteiger partial charge in [0.2, 0.25) is 0 Å². The van der Waals surface area contributed by atoms with Crippen molar-refractivity contribution in [3.8, 4) is 11.5 Å². The minimum Gasteiger partial charge on any atom is -0.493 e. The van der Waals surface area contributed by atoms with Crippen LogP contribution in [0, 0.1) is 6.92 Å². The molecule has 0 unspecified atom stereocenters. The molecule has 3 aromatic rings. The molecule has 0 aliphatic carbocycles. The number of ether oxygens (including phenoxy) is 2. The largest absolute Gasteiger partial charge is 0.493 e. The van der Waals surface area contributed by atoms with Crippen molar-refractivity contribution in [3.63, 3.8) is 0 Å². The summed E-state index contributed by atoms with van der Waals surface area (Å²) in [5.74, 6) is 1.18. The van der Waals surface area contributed by atoms with Gasteiger partial charge in [-0.2, -0.15) is 0 Å². The molecule has 0 bridgehead atoms. The molecular formula is C21H23N3O3S. The van der Waals surface area contributed by atoms with Gasteiger partial charge in [-0.05, 0) is 43.2 Å². The summed E-state index contributed by atoms with van der Waals surface area (Å²) in [7, 11) is 3.19. The second-order valence-corrected chi connectivity index (χ2v) is 7.30. The first kappa shape index (κ1) is 19.8. The van der Waals surface area contributed by atoms with Gasteiger partial charge in [0, 0.05) is 24.9 Å². The Morgan fingerprint density at radius 3 is 2.64 bits per heavy atom. The summed E-state index contributed by atoms with van der Waals surface area (Å²) in [6, 6.07) is 11.5. The number of rotatable bonds is 8. The maximum atomic E-state index is 12.6. The minimum atomic E-state index is -0.117. The summed E-state index contributed by atoms with van der Waals surface area (Å²) in [4.78, 5) is 22.1. The van der Waals surface area contributed by atoms with Crippen LogP contribution in [-0.4, -0.2) is 30.1 Å². The molecule has 1 N–H and O–H groups in total. The molecule has 0 saturated heterocycles. The zero-order valence-electron chi connectivity index (χ0n) is 16.2. The molecule has 1 aromatic carbocycles. The predicted octanol–water partition coefficient (Wildman–Crippen LogP) is 3.58. The Hall–Kier alpha value is -2.93. The maximum Gasteiger partial charge on any atom is 0.263 e. The number of hydrogen-bond donors (Lipinski definition) is 1. The zero-order valence-corrected chi connectivity index (χ0v) is 17.0. The van der Waals surface area contributed by atoms with Crippen LogP contribution in [0.25, 0.3) is 0 Å². The molecule has 0 atom stereocenters. The number of thiazole rings is 1. The third kappa shape index (κ3) is 4.86. The highest BCUT2D eigenvalue weighted by Crippen LogP contribution is 2.27. The molecule has 2 heterocycles. The highest BCUT2D eigenvalue weighted by atomic mass is 32.1. The summed E-state index contributed by atoms with van der Waals surface area (Å²) in [6.07, 6.45) is 3.36. The van der Waals surface area contributed by atoms with E-state index in [0.29, 0.717) is 22.9 Å². The van der Waals surface area contributed by atoms with E-state index in [1.54, 1.807) is 20.4 Å². The first-order valence-electron chi connectivity index (χ1n) is 8.96. The van der Waals surface area contributed by atoms with Gasteiger partial charge in [-0.15, -0.1) is 11.3 Å². The van der Waals surface area contributed by atoms with E-state index in [1.807, 2.05) is 43.3 Å². The normalized spacial score (nSPS) is 10.5. The van der Waals surface area contributed by atoms with Gasteiger partial charge in [-0.25, -0.2) is 4.98 Å². The first-order chi connectivity index (χ1) is 13.6. The molecule has 1 amide bonds. The van der Waals surface area contributed by atoms with Crippen LogP contribution in [0.15, 0.2) is 42.6 Å². The number of nitrogens with zero attached hydrogens (tertiary/aromatic N) is 2. The Morgan fingerprint density at radius 2 is 1.93 bits per heavy atom. The number of hydrogen-bond acceptors (Lipinski definition) is 6. The molecule has 0 saturated carbocycles. The molecule has 0 aliphatic rings. The lowest BCUT2D eigenvalue weighted by Crippen LogP contribution is -2.22. The van der Waals surface area contributed by atoms with Crippen molar-refractivity contribution in [1.29, 1.82) is 0 Å². The second kappa shape index (κ2) is 9.32. The molecule has 0 radical (unpaired) electrons. The lowest BCUT2D eigenvalue weighted by molar-refractivity contribution is 0.0954. The van der Waals surface area contributed by atoms with E-state index in [1.165, 1.54) is 11.3 Å². The lowest BCUT2D eigenvalue weighted by atomic mass is 10.2. The van der Waals surface area contributed by atoms with Crippen LogP contribution in [0.3, 0.4) is 0 Å². The lowest BCUT2D eigenvalue weighted by Gasteiger charge is -2.10. The molecule has 3 rings (SSSR count). The molecule has 0 fully saturated rings. The number of carbonyl (C=O) groups excluding carboxylic acids is 1. The van der Waals surface area contributed by atoms with E-state index in [4.69, 9.17) is 9.47 Å². The number of amides is 1. The third-order valence-corrected chi connectivity index (χ3v) is 5.49. The van der Waals surface area contributed by atoms with Gasteiger partial charge < -0.3 is 14.8 Å². The Bertz CT molecular complexity index is 941. The van der Waals surface area contributed by atoms with Gasteiger partial charge in [0.25, 0.3) is 5.91 Å². The van der Waals surface area contributed by atoms with Crippen LogP contribution in [0.5, 0.6) is 11.5 Å². The number of methoxy groups -OCH3 is 2. The van der Waals surface area contributed by atoms with Crippen LogP contribution in [0.2, 0.25) is 0 Å². The fourth-order valence-corrected chi connectivity index (χ4v) is 3.78. The number of aryl methyl sites for hydroxylation is 3. The summed E-state index contributed by atoms with van der Waals surface area (Å²) < 4.78 is 10.5. The number of aromatic nitrogens is 2. The van der Waals surface area contributed by atoms with Crippen molar-refractivity contribution in [3.05, 3.63) is 69.4 Å². The molecular weight excluding hydrogens is 374 g/mol. The molecule has 0 spiro atoms. The van der Waals surface area contributed by atoms with Crippen molar-refractivity contribution in [2.24, 2.45) is 0 Å². The Balaban J connectivity index is 1.61. The van der Waals surface area contributed by atoms with E-state index in [9.17, 15) is 4.79 Å². The van der Waals surface area contributed by atoms with Crippen LogP contribution >= 0.6 is 11.3 Å². The van der Waals surface area contributed by atoms with Gasteiger partial charge in [0.05, 0.1) is 24.9 Å². The van der Waals surface area contributed by atoms with Crippen LogP contribution in [-0.2, 0) is 19.4 Å².